The summed E-state index contributed by atoms with van der Waals surface area (Å²) >= 11 is 1.39. The molecule has 4 heterocycles. The number of fused-ring (bicyclic) bond motifs is 1. The number of rotatable bonds is 2. The van der Waals surface area contributed by atoms with Gasteiger partial charge in [0.15, 0.2) is 11.5 Å². The zero-order valence-corrected chi connectivity index (χ0v) is 15.1. The maximum absolute atomic E-state index is 12.9. The van der Waals surface area contributed by atoms with Gasteiger partial charge in [0, 0.05) is 42.8 Å². The van der Waals surface area contributed by atoms with Crippen LogP contribution >= 0.6 is 11.3 Å². The fraction of sp³-hybridized carbons (Fsp3) is 0.471. The van der Waals surface area contributed by atoms with Gasteiger partial charge in [-0.2, -0.15) is 0 Å². The third kappa shape index (κ3) is 2.90. The Morgan fingerprint density at radius 1 is 1.12 bits per heavy atom. The molecule has 0 spiro atoms. The second-order valence-electron chi connectivity index (χ2n) is 6.14. The summed E-state index contributed by atoms with van der Waals surface area (Å²) in [6, 6.07) is 0. The van der Waals surface area contributed by atoms with E-state index >= 15 is 0 Å². The lowest BCUT2D eigenvalue weighted by atomic mass is 10.2. The second kappa shape index (κ2) is 6.51. The smallest absolute Gasteiger partial charge is 0.268 e. The molecule has 0 aromatic carbocycles. The van der Waals surface area contributed by atoms with Crippen molar-refractivity contribution in [3.8, 4) is 11.5 Å². The molecule has 0 aliphatic carbocycles. The highest BCUT2D eigenvalue weighted by atomic mass is 32.1. The molecule has 2 aliphatic rings. The van der Waals surface area contributed by atoms with Gasteiger partial charge in [-0.1, -0.05) is 0 Å². The molecule has 0 unspecified atom stereocenters. The first-order chi connectivity index (χ1) is 12.1. The number of aryl methyl sites for hydroxylation is 1. The molecule has 2 aromatic rings. The molecule has 1 amide bonds. The Morgan fingerprint density at radius 3 is 2.68 bits per heavy atom. The van der Waals surface area contributed by atoms with Crippen molar-refractivity contribution in [1.82, 2.24) is 14.9 Å². The van der Waals surface area contributed by atoms with E-state index in [2.05, 4.69) is 14.9 Å². The van der Waals surface area contributed by atoms with Crippen molar-refractivity contribution < 1.29 is 14.3 Å². The summed E-state index contributed by atoms with van der Waals surface area (Å²) in [5.41, 5.74) is 2.09. The van der Waals surface area contributed by atoms with Crippen molar-refractivity contribution in [2.75, 3.05) is 44.3 Å². The van der Waals surface area contributed by atoms with E-state index in [1.54, 1.807) is 6.33 Å². The van der Waals surface area contributed by atoms with E-state index in [1.807, 2.05) is 24.1 Å². The molecule has 0 N–H and O–H groups in total. The minimum Gasteiger partial charge on any atom is -0.485 e. The number of carbonyl (C=O) groups excluding carboxylic acids is 1. The average Bonchev–Trinajstić information content (AvgIpc) is 3.08. The number of hydrogen-bond donors (Lipinski definition) is 0. The first kappa shape index (κ1) is 16.1. The van der Waals surface area contributed by atoms with Crippen LogP contribution in [0.2, 0.25) is 0 Å². The van der Waals surface area contributed by atoms with Crippen LogP contribution < -0.4 is 14.4 Å². The van der Waals surface area contributed by atoms with Crippen molar-refractivity contribution in [1.29, 1.82) is 0 Å². The molecule has 4 rings (SSSR count). The lowest BCUT2D eigenvalue weighted by Gasteiger charge is -2.36. The third-order valence-corrected chi connectivity index (χ3v) is 5.60. The average molecular weight is 360 g/mol. The van der Waals surface area contributed by atoms with Crippen molar-refractivity contribution >= 4 is 23.1 Å². The van der Waals surface area contributed by atoms with E-state index in [-0.39, 0.29) is 5.91 Å². The summed E-state index contributed by atoms with van der Waals surface area (Å²) in [5.74, 6) is 2.27. The van der Waals surface area contributed by atoms with E-state index in [9.17, 15) is 4.79 Å². The van der Waals surface area contributed by atoms with E-state index in [4.69, 9.17) is 9.47 Å². The Morgan fingerprint density at radius 2 is 1.88 bits per heavy atom. The second-order valence-corrected chi connectivity index (χ2v) is 7.02. The van der Waals surface area contributed by atoms with Gasteiger partial charge in [-0.15, -0.1) is 11.3 Å². The Balaban J connectivity index is 1.46. The van der Waals surface area contributed by atoms with Gasteiger partial charge in [-0.3, -0.25) is 4.79 Å². The molecule has 132 valence electrons. The molecule has 0 saturated carbocycles. The molecule has 7 nitrogen and oxygen atoms in total. The van der Waals surface area contributed by atoms with Gasteiger partial charge in [0.2, 0.25) is 0 Å². The van der Waals surface area contributed by atoms with Crippen LogP contribution in [0.4, 0.5) is 5.82 Å². The minimum absolute atomic E-state index is 0.0204. The molecule has 0 atom stereocenters. The largest absolute Gasteiger partial charge is 0.485 e. The number of carbonyl (C=O) groups is 1. The fourth-order valence-electron chi connectivity index (χ4n) is 3.12. The molecular weight excluding hydrogens is 340 g/mol. The highest BCUT2D eigenvalue weighted by Gasteiger charge is 2.29. The Hall–Kier alpha value is -2.35. The standard InChI is InChI=1S/C17H20N4O3S/c1-11-12(2)18-10-19-16(11)20-3-5-21(6-4-20)17(22)15-14-13(9-25-15)23-7-8-24-14/h9-10H,3-8H2,1-2H3. The van der Waals surface area contributed by atoms with Crippen LogP contribution in [0.25, 0.3) is 0 Å². The lowest BCUT2D eigenvalue weighted by molar-refractivity contribution is 0.0742. The highest BCUT2D eigenvalue weighted by Crippen LogP contribution is 2.40. The predicted octanol–water partition coefficient (Wildman–Crippen LogP) is 1.89. The van der Waals surface area contributed by atoms with Crippen molar-refractivity contribution in [3.63, 3.8) is 0 Å². The predicted molar refractivity (Wildman–Crippen MR) is 94.9 cm³/mol. The van der Waals surface area contributed by atoms with Crippen molar-refractivity contribution in [2.24, 2.45) is 0 Å². The van der Waals surface area contributed by atoms with Gasteiger partial charge in [-0.25, -0.2) is 9.97 Å². The molecule has 8 heteroatoms. The number of piperazine rings is 1. The maximum atomic E-state index is 12.9. The summed E-state index contributed by atoms with van der Waals surface area (Å²) in [6.45, 7) is 7.89. The molecule has 0 bridgehead atoms. The SMILES string of the molecule is Cc1ncnc(N2CCN(C(=O)c3scc4c3OCCO4)CC2)c1C. The molecule has 2 aliphatic heterocycles. The topological polar surface area (TPSA) is 67.8 Å². The minimum atomic E-state index is 0.0204. The number of anilines is 1. The Kier molecular flexibility index (Phi) is 4.20. The van der Waals surface area contributed by atoms with Crippen LogP contribution in [0.1, 0.15) is 20.9 Å². The zero-order valence-electron chi connectivity index (χ0n) is 14.3. The van der Waals surface area contributed by atoms with Crippen LogP contribution in [0.15, 0.2) is 11.7 Å². The van der Waals surface area contributed by atoms with Crippen molar-refractivity contribution in [2.45, 2.75) is 13.8 Å². The zero-order chi connectivity index (χ0) is 17.4. The quantitative estimate of drug-likeness (QED) is 0.815. The van der Waals surface area contributed by atoms with Gasteiger partial charge in [0.25, 0.3) is 5.91 Å². The van der Waals surface area contributed by atoms with Gasteiger partial charge in [0.05, 0.1) is 0 Å². The van der Waals surface area contributed by atoms with Crippen LogP contribution in [0.5, 0.6) is 11.5 Å². The number of ether oxygens (including phenoxy) is 2. The van der Waals surface area contributed by atoms with Crippen LogP contribution in [0.3, 0.4) is 0 Å². The van der Waals surface area contributed by atoms with E-state index in [0.717, 1.165) is 30.2 Å². The van der Waals surface area contributed by atoms with E-state index in [0.29, 0.717) is 42.7 Å². The molecule has 1 fully saturated rings. The number of hydrogen-bond acceptors (Lipinski definition) is 7. The first-order valence-corrected chi connectivity index (χ1v) is 9.22. The number of nitrogens with zero attached hydrogens (tertiary/aromatic N) is 4. The number of thiophene rings is 1. The lowest BCUT2D eigenvalue weighted by Crippen LogP contribution is -2.49. The molecule has 0 radical (unpaired) electrons. The number of amides is 1. The molecule has 2 aromatic heterocycles. The monoisotopic (exact) mass is 360 g/mol. The van der Waals surface area contributed by atoms with Gasteiger partial charge >= 0.3 is 0 Å². The fourth-order valence-corrected chi connectivity index (χ4v) is 4.02. The van der Waals surface area contributed by atoms with E-state index < -0.39 is 0 Å². The van der Waals surface area contributed by atoms with Crippen molar-refractivity contribution in [3.05, 3.63) is 27.8 Å². The van der Waals surface area contributed by atoms with Gasteiger partial charge in [0.1, 0.15) is 30.2 Å². The van der Waals surface area contributed by atoms with E-state index in [1.165, 1.54) is 11.3 Å². The van der Waals surface area contributed by atoms with Gasteiger partial charge < -0.3 is 19.3 Å². The van der Waals surface area contributed by atoms with Crippen LogP contribution in [-0.4, -0.2) is 60.2 Å². The Bertz CT molecular complexity index is 799. The van der Waals surface area contributed by atoms with Crippen LogP contribution in [-0.2, 0) is 0 Å². The number of aromatic nitrogens is 2. The van der Waals surface area contributed by atoms with Crippen LogP contribution in [0, 0.1) is 13.8 Å². The highest BCUT2D eigenvalue weighted by molar-refractivity contribution is 7.12. The molecule has 25 heavy (non-hydrogen) atoms. The summed E-state index contributed by atoms with van der Waals surface area (Å²) < 4.78 is 11.2. The summed E-state index contributed by atoms with van der Waals surface area (Å²) in [7, 11) is 0. The summed E-state index contributed by atoms with van der Waals surface area (Å²) in [4.78, 5) is 26.2. The van der Waals surface area contributed by atoms with Gasteiger partial charge in [-0.05, 0) is 13.8 Å². The maximum Gasteiger partial charge on any atom is 0.268 e. The first-order valence-electron chi connectivity index (χ1n) is 8.34. The Labute approximate surface area is 150 Å². The normalized spacial score (nSPS) is 16.9. The third-order valence-electron chi connectivity index (χ3n) is 4.67. The molecular formula is C17H20N4O3S. The summed E-state index contributed by atoms with van der Waals surface area (Å²) in [5, 5.41) is 1.85. The molecule has 1 saturated heterocycles. The summed E-state index contributed by atoms with van der Waals surface area (Å²) in [6.07, 6.45) is 1.60.